The second-order valence-electron chi connectivity index (χ2n) is 11.0. The maximum Gasteiger partial charge on any atom is 0.160 e. The van der Waals surface area contributed by atoms with E-state index < -0.39 is 0 Å². The SMILES string of the molecule is c1ccc(-c2cc(-c3cccc(-n4c5ccccc5c5ccc6sc7ccccc7c6c54)c3)nc(-c3ccccc3)n2)cc1. The van der Waals surface area contributed by atoms with E-state index in [0.29, 0.717) is 0 Å². The minimum Gasteiger partial charge on any atom is -0.309 e. The Kier molecular flexibility index (Phi) is 5.68. The molecule has 0 aliphatic rings. The smallest absolute Gasteiger partial charge is 0.160 e. The second kappa shape index (κ2) is 10.0. The van der Waals surface area contributed by atoms with Gasteiger partial charge in [-0.15, -0.1) is 11.3 Å². The summed E-state index contributed by atoms with van der Waals surface area (Å²) in [5.74, 6) is 0.718. The maximum absolute atomic E-state index is 5.11. The van der Waals surface area contributed by atoms with Gasteiger partial charge in [-0.3, -0.25) is 0 Å². The van der Waals surface area contributed by atoms with Crippen molar-refractivity contribution in [3.63, 3.8) is 0 Å². The molecule has 0 bridgehead atoms. The van der Waals surface area contributed by atoms with E-state index in [4.69, 9.17) is 9.97 Å². The van der Waals surface area contributed by atoms with Gasteiger partial charge in [-0.1, -0.05) is 115 Å². The van der Waals surface area contributed by atoms with E-state index in [1.165, 1.54) is 42.0 Å². The fraction of sp³-hybridized carbons (Fsp3) is 0. The summed E-state index contributed by atoms with van der Waals surface area (Å²) in [4.78, 5) is 10.1. The molecule has 0 atom stereocenters. The molecule has 3 heterocycles. The van der Waals surface area contributed by atoms with Gasteiger partial charge in [0.1, 0.15) is 0 Å². The van der Waals surface area contributed by atoms with Crippen LogP contribution >= 0.6 is 11.3 Å². The molecular weight excluding hydrogens is 555 g/mol. The van der Waals surface area contributed by atoms with Crippen LogP contribution in [-0.2, 0) is 0 Å². The molecule has 3 aromatic heterocycles. The monoisotopic (exact) mass is 579 g/mol. The topological polar surface area (TPSA) is 30.7 Å². The molecule has 0 radical (unpaired) electrons. The van der Waals surface area contributed by atoms with Crippen molar-refractivity contribution in [2.45, 2.75) is 0 Å². The highest BCUT2D eigenvalue weighted by atomic mass is 32.1. The van der Waals surface area contributed by atoms with Crippen molar-refractivity contribution < 1.29 is 0 Å². The lowest BCUT2D eigenvalue weighted by Crippen LogP contribution is -1.98. The van der Waals surface area contributed by atoms with Gasteiger partial charge in [0.05, 0.1) is 22.4 Å². The fourth-order valence-corrected chi connectivity index (χ4v) is 7.51. The van der Waals surface area contributed by atoms with Crippen LogP contribution in [0.1, 0.15) is 0 Å². The molecule has 0 spiro atoms. The largest absolute Gasteiger partial charge is 0.309 e. The first-order valence-corrected chi connectivity index (χ1v) is 15.6. The van der Waals surface area contributed by atoms with E-state index in [1.54, 1.807) is 0 Å². The zero-order valence-electron chi connectivity index (χ0n) is 23.7. The molecule has 0 amide bonds. The van der Waals surface area contributed by atoms with Gasteiger partial charge in [0, 0.05) is 53.3 Å². The highest BCUT2D eigenvalue weighted by Crippen LogP contribution is 2.43. The first-order chi connectivity index (χ1) is 21.8. The van der Waals surface area contributed by atoms with Crippen molar-refractivity contribution in [3.05, 3.63) is 152 Å². The Hall–Kier alpha value is -5.58. The van der Waals surface area contributed by atoms with Gasteiger partial charge in [-0.2, -0.15) is 0 Å². The van der Waals surface area contributed by atoms with Crippen LogP contribution in [0.3, 0.4) is 0 Å². The molecule has 206 valence electrons. The van der Waals surface area contributed by atoms with Crippen molar-refractivity contribution in [1.29, 1.82) is 0 Å². The minimum atomic E-state index is 0.718. The molecule has 9 aromatic rings. The number of thiophene rings is 1. The van der Waals surface area contributed by atoms with E-state index in [9.17, 15) is 0 Å². The predicted octanol–water partition coefficient (Wildman–Crippen LogP) is 10.9. The second-order valence-corrected chi connectivity index (χ2v) is 12.1. The summed E-state index contributed by atoms with van der Waals surface area (Å²) in [5.41, 5.74) is 8.46. The maximum atomic E-state index is 5.11. The quantitative estimate of drug-likeness (QED) is 0.208. The normalized spacial score (nSPS) is 11.6. The number of nitrogens with zero attached hydrogens (tertiary/aromatic N) is 3. The van der Waals surface area contributed by atoms with Gasteiger partial charge >= 0.3 is 0 Å². The number of rotatable bonds is 4. The molecule has 4 heteroatoms. The number of aromatic nitrogens is 3. The standard InChI is InChI=1S/C40H25N3S/c1-3-12-26(13-4-1)33-25-34(42-40(41-33)27-14-5-2-6-15-27)28-16-11-17-29(24-28)43-35-20-9-7-18-30(35)31-22-23-37-38(39(31)43)32-19-8-10-21-36(32)44-37/h1-25H. The lowest BCUT2D eigenvalue weighted by molar-refractivity contribution is 1.17. The molecule has 0 unspecified atom stereocenters. The van der Waals surface area contributed by atoms with E-state index in [-0.39, 0.29) is 0 Å². The van der Waals surface area contributed by atoms with Crippen LogP contribution in [0.25, 0.3) is 81.6 Å². The van der Waals surface area contributed by atoms with Gasteiger partial charge in [0.2, 0.25) is 0 Å². The van der Waals surface area contributed by atoms with Gasteiger partial charge in [0.25, 0.3) is 0 Å². The molecule has 6 aromatic carbocycles. The van der Waals surface area contributed by atoms with Crippen LogP contribution in [0.5, 0.6) is 0 Å². The minimum absolute atomic E-state index is 0.718. The van der Waals surface area contributed by atoms with Crippen LogP contribution in [-0.4, -0.2) is 14.5 Å². The van der Waals surface area contributed by atoms with Crippen molar-refractivity contribution in [1.82, 2.24) is 14.5 Å². The average molecular weight is 580 g/mol. The summed E-state index contributed by atoms with van der Waals surface area (Å²) >= 11 is 1.86. The van der Waals surface area contributed by atoms with E-state index >= 15 is 0 Å². The zero-order valence-corrected chi connectivity index (χ0v) is 24.5. The van der Waals surface area contributed by atoms with Crippen LogP contribution in [0.4, 0.5) is 0 Å². The molecule has 0 saturated heterocycles. The molecule has 9 rings (SSSR count). The van der Waals surface area contributed by atoms with Gasteiger partial charge in [0.15, 0.2) is 5.82 Å². The molecule has 0 fully saturated rings. The summed E-state index contributed by atoms with van der Waals surface area (Å²) in [7, 11) is 0. The number of hydrogen-bond donors (Lipinski definition) is 0. The van der Waals surface area contributed by atoms with Crippen LogP contribution in [0, 0.1) is 0 Å². The van der Waals surface area contributed by atoms with E-state index in [0.717, 1.165) is 39.6 Å². The Bertz CT molecular complexity index is 2430. The Morgan fingerprint density at radius 2 is 1.11 bits per heavy atom. The summed E-state index contributed by atoms with van der Waals surface area (Å²) in [6.45, 7) is 0. The van der Waals surface area contributed by atoms with Crippen LogP contribution in [0.2, 0.25) is 0 Å². The molecule has 0 saturated carbocycles. The van der Waals surface area contributed by atoms with Gasteiger partial charge < -0.3 is 4.57 Å². The Morgan fingerprint density at radius 3 is 1.93 bits per heavy atom. The average Bonchev–Trinajstić information content (AvgIpc) is 3.65. The number of hydrogen-bond acceptors (Lipinski definition) is 3. The van der Waals surface area contributed by atoms with Crippen molar-refractivity contribution >= 4 is 53.3 Å². The van der Waals surface area contributed by atoms with Crippen molar-refractivity contribution in [3.8, 4) is 39.6 Å². The third-order valence-corrected chi connectivity index (χ3v) is 9.54. The number of fused-ring (bicyclic) bond motifs is 7. The summed E-state index contributed by atoms with van der Waals surface area (Å²) in [6.07, 6.45) is 0. The lowest BCUT2D eigenvalue weighted by Gasteiger charge is -2.13. The Labute approximate surface area is 258 Å². The zero-order chi connectivity index (χ0) is 29.0. The van der Waals surface area contributed by atoms with Crippen molar-refractivity contribution in [2.75, 3.05) is 0 Å². The van der Waals surface area contributed by atoms with Crippen LogP contribution in [0.15, 0.2) is 152 Å². The van der Waals surface area contributed by atoms with Crippen molar-refractivity contribution in [2.24, 2.45) is 0 Å². The van der Waals surface area contributed by atoms with Gasteiger partial charge in [-0.25, -0.2) is 9.97 Å². The first kappa shape index (κ1) is 25.0. The molecule has 3 nitrogen and oxygen atoms in total. The van der Waals surface area contributed by atoms with E-state index in [2.05, 4.69) is 132 Å². The fourth-order valence-electron chi connectivity index (χ4n) is 6.41. The highest BCUT2D eigenvalue weighted by Gasteiger charge is 2.18. The van der Waals surface area contributed by atoms with Gasteiger partial charge in [-0.05, 0) is 36.4 Å². The summed E-state index contributed by atoms with van der Waals surface area (Å²) in [6, 6.07) is 53.5. The lowest BCUT2D eigenvalue weighted by atomic mass is 10.1. The highest BCUT2D eigenvalue weighted by molar-refractivity contribution is 7.26. The van der Waals surface area contributed by atoms with Crippen LogP contribution < -0.4 is 0 Å². The summed E-state index contributed by atoms with van der Waals surface area (Å²) in [5, 5.41) is 5.13. The molecule has 44 heavy (non-hydrogen) atoms. The number of para-hydroxylation sites is 1. The summed E-state index contributed by atoms with van der Waals surface area (Å²) < 4.78 is 5.05. The predicted molar refractivity (Wildman–Crippen MR) is 186 cm³/mol. The number of benzene rings is 6. The third kappa shape index (κ3) is 3.96. The molecule has 0 aliphatic heterocycles. The Morgan fingerprint density at radius 1 is 0.455 bits per heavy atom. The van der Waals surface area contributed by atoms with E-state index in [1.807, 2.05) is 35.6 Å². The molecule has 0 N–H and O–H groups in total. The third-order valence-electron chi connectivity index (χ3n) is 8.40. The Balaban J connectivity index is 1.31. The molecular formula is C40H25N3S. The molecule has 0 aliphatic carbocycles. The first-order valence-electron chi connectivity index (χ1n) is 14.8.